The Morgan fingerprint density at radius 2 is 2.14 bits per heavy atom. The van der Waals surface area contributed by atoms with Gasteiger partial charge in [-0.15, -0.1) is 0 Å². The van der Waals surface area contributed by atoms with Gasteiger partial charge in [-0.1, -0.05) is 6.92 Å². The van der Waals surface area contributed by atoms with Crippen molar-refractivity contribution in [1.82, 2.24) is 10.3 Å². The molecule has 0 aliphatic heterocycles. The van der Waals surface area contributed by atoms with E-state index in [2.05, 4.69) is 10.3 Å². The molecular weight excluding hydrogens is 193 g/mol. The first-order valence-electron chi connectivity index (χ1n) is 4.27. The highest BCUT2D eigenvalue weighted by atomic mass is 19.4. The molecule has 1 aromatic rings. The highest BCUT2D eigenvalue weighted by Crippen LogP contribution is 2.28. The lowest BCUT2D eigenvalue weighted by atomic mass is 10.2. The zero-order valence-corrected chi connectivity index (χ0v) is 7.73. The van der Waals surface area contributed by atoms with Gasteiger partial charge in [-0.05, 0) is 18.7 Å². The van der Waals surface area contributed by atoms with Gasteiger partial charge in [0.1, 0.15) is 0 Å². The van der Waals surface area contributed by atoms with Crippen molar-refractivity contribution in [2.24, 2.45) is 0 Å². The average molecular weight is 204 g/mol. The van der Waals surface area contributed by atoms with E-state index >= 15 is 0 Å². The highest BCUT2D eigenvalue weighted by molar-refractivity contribution is 5.19. The third-order valence-electron chi connectivity index (χ3n) is 1.70. The highest BCUT2D eigenvalue weighted by Gasteiger charge is 2.30. The molecule has 5 heteroatoms. The lowest BCUT2D eigenvalue weighted by molar-refractivity contribution is -0.137. The molecule has 0 unspecified atom stereocenters. The van der Waals surface area contributed by atoms with Crippen molar-refractivity contribution in [2.45, 2.75) is 19.6 Å². The van der Waals surface area contributed by atoms with Crippen LogP contribution in [0.4, 0.5) is 13.2 Å². The number of halogens is 3. The quantitative estimate of drug-likeness (QED) is 0.816. The van der Waals surface area contributed by atoms with Crippen molar-refractivity contribution in [1.29, 1.82) is 0 Å². The van der Waals surface area contributed by atoms with E-state index in [1.54, 1.807) is 0 Å². The van der Waals surface area contributed by atoms with Gasteiger partial charge >= 0.3 is 6.18 Å². The maximum atomic E-state index is 12.2. The molecule has 0 spiro atoms. The van der Waals surface area contributed by atoms with Gasteiger partial charge in [0.05, 0.1) is 11.3 Å². The minimum Gasteiger partial charge on any atom is -0.311 e. The normalized spacial score (nSPS) is 11.7. The fraction of sp³-hybridized carbons (Fsp3) is 0.444. The van der Waals surface area contributed by atoms with E-state index < -0.39 is 11.7 Å². The second kappa shape index (κ2) is 4.41. The van der Waals surface area contributed by atoms with Gasteiger partial charge in [-0.2, -0.15) is 13.2 Å². The third-order valence-corrected chi connectivity index (χ3v) is 1.70. The molecule has 0 aliphatic rings. The Bertz CT molecular complexity index is 296. The van der Waals surface area contributed by atoms with Crippen molar-refractivity contribution in [3.8, 4) is 0 Å². The lowest BCUT2D eigenvalue weighted by Crippen LogP contribution is -2.14. The molecule has 78 valence electrons. The van der Waals surface area contributed by atoms with E-state index in [9.17, 15) is 13.2 Å². The Kier molecular flexibility index (Phi) is 3.46. The molecule has 0 aliphatic carbocycles. The van der Waals surface area contributed by atoms with E-state index in [1.807, 2.05) is 6.92 Å². The third kappa shape index (κ3) is 2.99. The van der Waals surface area contributed by atoms with Crippen LogP contribution in [0.15, 0.2) is 18.3 Å². The minimum absolute atomic E-state index is 0.362. The maximum Gasteiger partial charge on any atom is 0.416 e. The van der Waals surface area contributed by atoms with Gasteiger partial charge in [0.2, 0.25) is 0 Å². The first-order chi connectivity index (χ1) is 6.54. The zero-order chi connectivity index (χ0) is 10.6. The van der Waals surface area contributed by atoms with Crippen LogP contribution in [0.3, 0.4) is 0 Å². The summed E-state index contributed by atoms with van der Waals surface area (Å²) in [7, 11) is 0. The van der Waals surface area contributed by atoms with Crippen LogP contribution in [0.5, 0.6) is 0 Å². The summed E-state index contributed by atoms with van der Waals surface area (Å²) >= 11 is 0. The summed E-state index contributed by atoms with van der Waals surface area (Å²) in [5.41, 5.74) is -0.248. The van der Waals surface area contributed by atoms with E-state index in [-0.39, 0.29) is 0 Å². The molecule has 1 N–H and O–H groups in total. The summed E-state index contributed by atoms with van der Waals surface area (Å²) in [4.78, 5) is 3.83. The number of nitrogens with zero attached hydrogens (tertiary/aromatic N) is 1. The first-order valence-corrected chi connectivity index (χ1v) is 4.27. The van der Waals surface area contributed by atoms with Gasteiger partial charge in [0.25, 0.3) is 0 Å². The largest absolute Gasteiger partial charge is 0.416 e. The van der Waals surface area contributed by atoms with Crippen LogP contribution in [0.2, 0.25) is 0 Å². The predicted molar refractivity (Wildman–Crippen MR) is 46.6 cm³/mol. The zero-order valence-electron chi connectivity index (χ0n) is 7.73. The second-order valence-electron chi connectivity index (χ2n) is 2.81. The molecule has 2 nitrogen and oxygen atoms in total. The fourth-order valence-electron chi connectivity index (χ4n) is 1.00. The van der Waals surface area contributed by atoms with Crippen LogP contribution in [-0.2, 0) is 12.7 Å². The number of pyridine rings is 1. The monoisotopic (exact) mass is 204 g/mol. The number of hydrogen-bond acceptors (Lipinski definition) is 2. The smallest absolute Gasteiger partial charge is 0.311 e. The molecule has 1 rings (SSSR count). The molecule has 0 fully saturated rings. The van der Waals surface area contributed by atoms with Crippen LogP contribution in [0, 0.1) is 0 Å². The van der Waals surface area contributed by atoms with Gasteiger partial charge in [0.15, 0.2) is 0 Å². The molecule has 0 bridgehead atoms. The summed E-state index contributed by atoms with van der Waals surface area (Å²) in [6.45, 7) is 2.95. The number of rotatable bonds is 3. The van der Waals surface area contributed by atoms with Crippen LogP contribution in [0.25, 0.3) is 0 Å². The van der Waals surface area contributed by atoms with E-state index in [0.717, 1.165) is 12.1 Å². The Morgan fingerprint density at radius 1 is 1.43 bits per heavy atom. The van der Waals surface area contributed by atoms with Gasteiger partial charge in [-0.25, -0.2) is 0 Å². The molecule has 0 atom stereocenters. The molecule has 14 heavy (non-hydrogen) atoms. The summed E-state index contributed by atoms with van der Waals surface area (Å²) in [6.07, 6.45) is -3.11. The lowest BCUT2D eigenvalue weighted by Gasteiger charge is -2.07. The summed E-state index contributed by atoms with van der Waals surface area (Å²) < 4.78 is 36.7. The second-order valence-corrected chi connectivity index (χ2v) is 2.81. The van der Waals surface area contributed by atoms with Crippen molar-refractivity contribution >= 4 is 0 Å². The summed E-state index contributed by atoms with van der Waals surface area (Å²) in [5.74, 6) is 0. The van der Waals surface area contributed by atoms with E-state index in [1.165, 1.54) is 6.20 Å². The van der Waals surface area contributed by atoms with Crippen LogP contribution < -0.4 is 5.32 Å². The van der Waals surface area contributed by atoms with Crippen molar-refractivity contribution in [2.75, 3.05) is 6.54 Å². The maximum absolute atomic E-state index is 12.2. The molecule has 0 amide bonds. The van der Waals surface area contributed by atoms with Gasteiger partial charge in [-0.3, -0.25) is 4.98 Å². The standard InChI is InChI=1S/C9H11F3N2/c1-2-13-6-8-5-7(3-4-14-8)9(10,11)12/h3-5,13H,2,6H2,1H3. The van der Waals surface area contributed by atoms with Gasteiger partial charge < -0.3 is 5.32 Å². The molecule has 0 radical (unpaired) electrons. The molecule has 0 saturated carbocycles. The molecule has 0 saturated heterocycles. The van der Waals surface area contributed by atoms with Crippen molar-refractivity contribution < 1.29 is 13.2 Å². The average Bonchev–Trinajstić information content (AvgIpc) is 2.14. The SMILES string of the molecule is CCNCc1cc(C(F)(F)F)ccn1. The topological polar surface area (TPSA) is 24.9 Å². The Hall–Kier alpha value is -1.10. The molecular formula is C9H11F3N2. The number of alkyl halides is 3. The number of nitrogens with one attached hydrogen (secondary N) is 1. The molecule has 0 aromatic carbocycles. The summed E-state index contributed by atoms with van der Waals surface area (Å²) in [6, 6.07) is 2.03. The van der Waals surface area contributed by atoms with E-state index in [4.69, 9.17) is 0 Å². The van der Waals surface area contributed by atoms with Crippen molar-refractivity contribution in [3.05, 3.63) is 29.6 Å². The predicted octanol–water partition coefficient (Wildman–Crippen LogP) is 2.21. The van der Waals surface area contributed by atoms with Gasteiger partial charge in [0, 0.05) is 12.7 Å². The summed E-state index contributed by atoms with van der Waals surface area (Å²) in [5, 5.41) is 2.91. The number of aromatic nitrogens is 1. The van der Waals surface area contributed by atoms with Crippen molar-refractivity contribution in [3.63, 3.8) is 0 Å². The first kappa shape index (κ1) is 11.0. The van der Waals surface area contributed by atoms with Crippen LogP contribution in [0.1, 0.15) is 18.2 Å². The Morgan fingerprint density at radius 3 is 2.71 bits per heavy atom. The minimum atomic E-state index is -4.29. The molecule has 1 aromatic heterocycles. The van der Waals surface area contributed by atoms with Crippen LogP contribution >= 0.6 is 0 Å². The van der Waals surface area contributed by atoms with E-state index in [0.29, 0.717) is 18.8 Å². The fourth-order valence-corrected chi connectivity index (χ4v) is 1.00. The Labute approximate surface area is 80.2 Å². The number of hydrogen-bond donors (Lipinski definition) is 1. The van der Waals surface area contributed by atoms with Crippen LogP contribution in [-0.4, -0.2) is 11.5 Å². The Balaban J connectivity index is 2.79. The molecule has 1 heterocycles.